The average molecular weight is 505 g/mol. The zero-order valence-corrected chi connectivity index (χ0v) is 21.5. The van der Waals surface area contributed by atoms with Gasteiger partial charge in [0.15, 0.2) is 0 Å². The van der Waals surface area contributed by atoms with E-state index in [-0.39, 0.29) is 18.5 Å². The highest BCUT2D eigenvalue weighted by atomic mass is 16.5. The van der Waals surface area contributed by atoms with Crippen molar-refractivity contribution in [3.05, 3.63) is 89.9 Å². The van der Waals surface area contributed by atoms with Crippen LogP contribution in [0.3, 0.4) is 0 Å². The molecule has 8 nitrogen and oxygen atoms in total. The van der Waals surface area contributed by atoms with Crippen LogP contribution in [0.25, 0.3) is 0 Å². The van der Waals surface area contributed by atoms with Crippen LogP contribution in [-0.4, -0.2) is 72.6 Å². The van der Waals surface area contributed by atoms with Crippen molar-refractivity contribution in [3.8, 4) is 0 Å². The van der Waals surface area contributed by atoms with E-state index in [1.165, 1.54) is 0 Å². The van der Waals surface area contributed by atoms with Crippen LogP contribution in [0.5, 0.6) is 0 Å². The number of morpholine rings is 1. The number of rotatable bonds is 11. The molecule has 0 radical (unpaired) electrons. The maximum Gasteiger partial charge on any atom is 0.322 e. The molecule has 0 bridgehead atoms. The second-order valence-corrected chi connectivity index (χ2v) is 9.27. The van der Waals surface area contributed by atoms with Gasteiger partial charge in [-0.2, -0.15) is 0 Å². The van der Waals surface area contributed by atoms with Crippen LogP contribution < -0.4 is 5.32 Å². The molecule has 1 N–H and O–H groups in total. The molecular weight excluding hydrogens is 468 g/mol. The summed E-state index contributed by atoms with van der Waals surface area (Å²) in [5, 5.41) is 2.94. The van der Waals surface area contributed by atoms with Gasteiger partial charge in [0.1, 0.15) is 18.1 Å². The van der Waals surface area contributed by atoms with Gasteiger partial charge in [0.05, 0.1) is 19.8 Å². The molecule has 0 spiro atoms. The van der Waals surface area contributed by atoms with E-state index in [4.69, 9.17) is 9.15 Å². The number of hydrogen-bond acceptors (Lipinski definition) is 5. The largest absolute Gasteiger partial charge is 0.464 e. The lowest BCUT2D eigenvalue weighted by Crippen LogP contribution is -2.45. The summed E-state index contributed by atoms with van der Waals surface area (Å²) in [6.45, 7) is 7.21. The molecule has 3 amide bonds. The van der Waals surface area contributed by atoms with Gasteiger partial charge in [0, 0.05) is 38.4 Å². The molecule has 196 valence electrons. The Balaban J connectivity index is 1.45. The van der Waals surface area contributed by atoms with Gasteiger partial charge >= 0.3 is 6.03 Å². The summed E-state index contributed by atoms with van der Waals surface area (Å²) in [6.07, 6.45) is 0.769. The summed E-state index contributed by atoms with van der Waals surface area (Å²) in [4.78, 5) is 32.6. The zero-order chi connectivity index (χ0) is 25.9. The van der Waals surface area contributed by atoms with Gasteiger partial charge in [-0.05, 0) is 43.2 Å². The third kappa shape index (κ3) is 8.48. The molecule has 0 atom stereocenters. The summed E-state index contributed by atoms with van der Waals surface area (Å²) in [7, 11) is 0. The minimum absolute atomic E-state index is 0.0195. The van der Waals surface area contributed by atoms with Crippen molar-refractivity contribution in [2.24, 2.45) is 0 Å². The minimum Gasteiger partial charge on any atom is -0.464 e. The third-order valence-electron chi connectivity index (χ3n) is 6.36. The quantitative estimate of drug-likeness (QED) is 0.420. The Morgan fingerprint density at radius 3 is 2.27 bits per heavy atom. The molecule has 1 aliphatic rings. The second kappa shape index (κ2) is 13.6. The van der Waals surface area contributed by atoms with E-state index in [0.29, 0.717) is 25.3 Å². The fourth-order valence-corrected chi connectivity index (χ4v) is 4.34. The van der Waals surface area contributed by atoms with Crippen molar-refractivity contribution in [1.82, 2.24) is 14.7 Å². The van der Waals surface area contributed by atoms with Gasteiger partial charge in [-0.15, -0.1) is 0 Å². The molecule has 37 heavy (non-hydrogen) atoms. The first-order chi connectivity index (χ1) is 18.1. The molecule has 1 aliphatic heterocycles. The number of hydrogen-bond donors (Lipinski definition) is 1. The first-order valence-electron chi connectivity index (χ1n) is 12.8. The van der Waals surface area contributed by atoms with Crippen LogP contribution in [0.4, 0.5) is 10.5 Å². The third-order valence-corrected chi connectivity index (χ3v) is 6.36. The fraction of sp³-hybridized carbons (Fsp3) is 0.379. The number of carbonyl (C=O) groups excluding carboxylic acids is 2. The van der Waals surface area contributed by atoms with Gasteiger partial charge in [0.2, 0.25) is 5.91 Å². The zero-order valence-electron chi connectivity index (χ0n) is 21.5. The molecule has 1 aromatic heterocycles. The monoisotopic (exact) mass is 504 g/mol. The molecule has 2 heterocycles. The first kappa shape index (κ1) is 26.4. The Morgan fingerprint density at radius 2 is 1.59 bits per heavy atom. The number of furan rings is 1. The van der Waals surface area contributed by atoms with E-state index in [1.807, 2.05) is 79.7 Å². The van der Waals surface area contributed by atoms with Crippen LogP contribution in [0.15, 0.2) is 77.2 Å². The van der Waals surface area contributed by atoms with Crippen LogP contribution in [0, 0.1) is 6.92 Å². The molecule has 0 aliphatic carbocycles. The molecule has 2 aromatic carbocycles. The highest BCUT2D eigenvalue weighted by Crippen LogP contribution is 2.15. The number of nitrogens with zero attached hydrogens (tertiary/aromatic N) is 3. The Morgan fingerprint density at radius 1 is 0.892 bits per heavy atom. The fourth-order valence-electron chi connectivity index (χ4n) is 4.34. The number of aryl methyl sites for hydroxylation is 1. The smallest absolute Gasteiger partial charge is 0.322 e. The maximum absolute atomic E-state index is 13.6. The van der Waals surface area contributed by atoms with Crippen molar-refractivity contribution in [3.63, 3.8) is 0 Å². The van der Waals surface area contributed by atoms with Crippen LogP contribution >= 0.6 is 0 Å². The standard InChI is InChI=1S/C29H36N4O4/c1-24-13-14-27(37-24)22-33(21-25-9-4-2-5-10-25)28(34)23-32(16-8-15-31-17-19-36-20-18-31)29(35)30-26-11-6-3-7-12-26/h2-7,9-14H,8,15-23H2,1H3,(H,30,35). The summed E-state index contributed by atoms with van der Waals surface area (Å²) >= 11 is 0. The van der Waals surface area contributed by atoms with Gasteiger partial charge in [-0.25, -0.2) is 4.79 Å². The van der Waals surface area contributed by atoms with Crippen LogP contribution in [0.1, 0.15) is 23.5 Å². The van der Waals surface area contributed by atoms with Crippen LogP contribution in [0.2, 0.25) is 0 Å². The normalized spacial score (nSPS) is 13.8. The molecule has 1 saturated heterocycles. The molecule has 3 aromatic rings. The SMILES string of the molecule is Cc1ccc(CN(Cc2ccccc2)C(=O)CN(CCCN2CCOCC2)C(=O)Nc2ccccc2)o1. The van der Waals surface area contributed by atoms with E-state index in [0.717, 1.165) is 56.4 Å². The van der Waals surface area contributed by atoms with Crippen molar-refractivity contribution in [1.29, 1.82) is 0 Å². The van der Waals surface area contributed by atoms with Crippen molar-refractivity contribution >= 4 is 17.6 Å². The summed E-state index contributed by atoms with van der Waals surface area (Å²) in [6, 6.07) is 22.7. The predicted molar refractivity (Wildman–Crippen MR) is 143 cm³/mol. The molecule has 1 fully saturated rings. The van der Waals surface area contributed by atoms with Gasteiger partial charge in [-0.1, -0.05) is 48.5 Å². The highest BCUT2D eigenvalue weighted by molar-refractivity contribution is 5.92. The maximum atomic E-state index is 13.6. The molecule has 8 heteroatoms. The molecule has 0 unspecified atom stereocenters. The van der Waals surface area contributed by atoms with E-state index in [9.17, 15) is 9.59 Å². The van der Waals surface area contributed by atoms with E-state index in [2.05, 4.69) is 10.2 Å². The number of carbonyl (C=O) groups is 2. The van der Waals surface area contributed by atoms with Crippen molar-refractivity contribution in [2.75, 3.05) is 51.3 Å². The van der Waals surface area contributed by atoms with E-state index < -0.39 is 0 Å². The Hall–Kier alpha value is -3.62. The number of benzene rings is 2. The number of nitrogens with one attached hydrogen (secondary N) is 1. The topological polar surface area (TPSA) is 78.3 Å². The Kier molecular flexibility index (Phi) is 9.74. The molecular formula is C29H36N4O4. The van der Waals surface area contributed by atoms with Gasteiger partial charge in [0.25, 0.3) is 0 Å². The number of urea groups is 1. The summed E-state index contributed by atoms with van der Waals surface area (Å²) in [5.74, 6) is 1.39. The summed E-state index contributed by atoms with van der Waals surface area (Å²) in [5.41, 5.74) is 1.72. The van der Waals surface area contributed by atoms with Gasteiger partial charge in [-0.3, -0.25) is 9.69 Å². The van der Waals surface area contributed by atoms with Gasteiger partial charge < -0.3 is 24.3 Å². The Labute approximate surface area is 218 Å². The number of amides is 3. The number of ether oxygens (including phenoxy) is 1. The van der Waals surface area contributed by atoms with Crippen LogP contribution in [-0.2, 0) is 22.6 Å². The lowest BCUT2D eigenvalue weighted by Gasteiger charge is -2.30. The number of para-hydroxylation sites is 1. The lowest BCUT2D eigenvalue weighted by molar-refractivity contribution is -0.133. The Bertz CT molecular complexity index is 1110. The lowest BCUT2D eigenvalue weighted by atomic mass is 10.2. The number of anilines is 1. The van der Waals surface area contributed by atoms with Crippen molar-refractivity contribution < 1.29 is 18.7 Å². The summed E-state index contributed by atoms with van der Waals surface area (Å²) < 4.78 is 11.2. The first-order valence-corrected chi connectivity index (χ1v) is 12.8. The predicted octanol–water partition coefficient (Wildman–Crippen LogP) is 4.37. The highest BCUT2D eigenvalue weighted by Gasteiger charge is 2.23. The van der Waals surface area contributed by atoms with E-state index in [1.54, 1.807) is 9.80 Å². The second-order valence-electron chi connectivity index (χ2n) is 9.27. The average Bonchev–Trinajstić information content (AvgIpc) is 3.33. The molecule has 4 rings (SSSR count). The molecule has 0 saturated carbocycles. The van der Waals surface area contributed by atoms with E-state index >= 15 is 0 Å². The van der Waals surface area contributed by atoms with Crippen molar-refractivity contribution in [2.45, 2.75) is 26.4 Å². The minimum atomic E-state index is -0.282.